The van der Waals surface area contributed by atoms with E-state index in [4.69, 9.17) is 0 Å². The standard InChI is InChI=1S/C16H22N4O/c1-20(2)14(21)16(9-5-6-10-16)11-17-15-18-12-7-3-4-8-13(12)19-15/h3-4,7-8H,5-6,9-11H2,1-2H3,(H2,17,18,19). The summed E-state index contributed by atoms with van der Waals surface area (Å²) >= 11 is 0. The van der Waals surface area contributed by atoms with Crippen LogP contribution < -0.4 is 5.32 Å². The zero-order valence-corrected chi connectivity index (χ0v) is 12.6. The molecule has 1 saturated carbocycles. The number of carbonyl (C=O) groups excluding carboxylic acids is 1. The normalized spacial score (nSPS) is 17.0. The van der Waals surface area contributed by atoms with E-state index in [-0.39, 0.29) is 11.3 Å². The van der Waals surface area contributed by atoms with Crippen LogP contribution in [0.25, 0.3) is 11.0 Å². The second-order valence-corrected chi connectivity index (χ2v) is 6.14. The molecule has 0 atom stereocenters. The van der Waals surface area contributed by atoms with Gasteiger partial charge in [0.25, 0.3) is 0 Å². The quantitative estimate of drug-likeness (QED) is 0.908. The van der Waals surface area contributed by atoms with Crippen molar-refractivity contribution in [3.63, 3.8) is 0 Å². The molecule has 3 rings (SSSR count). The van der Waals surface area contributed by atoms with E-state index < -0.39 is 0 Å². The molecule has 1 amide bonds. The molecule has 0 aliphatic heterocycles. The van der Waals surface area contributed by atoms with E-state index in [0.29, 0.717) is 6.54 Å². The van der Waals surface area contributed by atoms with Gasteiger partial charge in [-0.2, -0.15) is 0 Å². The van der Waals surface area contributed by atoms with Crippen LogP contribution in [-0.2, 0) is 4.79 Å². The number of imidazole rings is 1. The summed E-state index contributed by atoms with van der Waals surface area (Å²) in [6.45, 7) is 0.643. The Bertz CT molecular complexity index is 608. The van der Waals surface area contributed by atoms with Crippen LogP contribution >= 0.6 is 0 Å². The summed E-state index contributed by atoms with van der Waals surface area (Å²) in [5, 5.41) is 3.34. The minimum Gasteiger partial charge on any atom is -0.355 e. The molecule has 1 fully saturated rings. The zero-order valence-electron chi connectivity index (χ0n) is 12.6. The Morgan fingerprint density at radius 3 is 2.71 bits per heavy atom. The summed E-state index contributed by atoms with van der Waals surface area (Å²) in [6.07, 6.45) is 4.16. The summed E-state index contributed by atoms with van der Waals surface area (Å²) in [5.41, 5.74) is 1.68. The molecule has 0 spiro atoms. The number of H-pyrrole nitrogens is 1. The van der Waals surface area contributed by atoms with E-state index in [0.717, 1.165) is 42.7 Å². The molecular weight excluding hydrogens is 264 g/mol. The lowest BCUT2D eigenvalue weighted by atomic mass is 9.84. The van der Waals surface area contributed by atoms with Gasteiger partial charge in [0.2, 0.25) is 11.9 Å². The number of nitrogens with zero attached hydrogens (tertiary/aromatic N) is 2. The van der Waals surface area contributed by atoms with E-state index in [9.17, 15) is 4.79 Å². The highest BCUT2D eigenvalue weighted by Crippen LogP contribution is 2.39. The Morgan fingerprint density at radius 1 is 1.33 bits per heavy atom. The number of anilines is 1. The van der Waals surface area contributed by atoms with Crippen molar-refractivity contribution in [3.05, 3.63) is 24.3 Å². The number of hydrogen-bond acceptors (Lipinski definition) is 3. The molecule has 1 aliphatic carbocycles. The van der Waals surface area contributed by atoms with Gasteiger partial charge in [0, 0.05) is 20.6 Å². The Kier molecular flexibility index (Phi) is 3.57. The summed E-state index contributed by atoms with van der Waals surface area (Å²) in [7, 11) is 3.67. The average molecular weight is 286 g/mol. The third kappa shape index (κ3) is 2.60. The number of para-hydroxylation sites is 2. The average Bonchev–Trinajstić information content (AvgIpc) is 3.11. The zero-order chi connectivity index (χ0) is 14.9. The van der Waals surface area contributed by atoms with Crippen LogP contribution in [0.3, 0.4) is 0 Å². The second-order valence-electron chi connectivity index (χ2n) is 6.14. The molecule has 1 aromatic carbocycles. The number of hydrogen-bond donors (Lipinski definition) is 2. The fourth-order valence-electron chi connectivity index (χ4n) is 3.28. The Hall–Kier alpha value is -2.04. The number of amides is 1. The number of fused-ring (bicyclic) bond motifs is 1. The minimum atomic E-state index is -0.275. The van der Waals surface area contributed by atoms with E-state index in [1.165, 1.54) is 0 Å². The fraction of sp³-hybridized carbons (Fsp3) is 0.500. The van der Waals surface area contributed by atoms with Gasteiger partial charge >= 0.3 is 0 Å². The van der Waals surface area contributed by atoms with Crippen LogP contribution in [-0.4, -0.2) is 41.4 Å². The van der Waals surface area contributed by atoms with Crippen molar-refractivity contribution in [3.8, 4) is 0 Å². The monoisotopic (exact) mass is 286 g/mol. The van der Waals surface area contributed by atoms with Gasteiger partial charge in [-0.15, -0.1) is 0 Å². The van der Waals surface area contributed by atoms with Crippen molar-refractivity contribution in [2.75, 3.05) is 26.0 Å². The maximum Gasteiger partial charge on any atom is 0.230 e. The first-order valence-electron chi connectivity index (χ1n) is 7.51. The molecule has 2 aromatic rings. The van der Waals surface area contributed by atoms with Crippen LogP contribution in [0, 0.1) is 5.41 Å². The summed E-state index contributed by atoms with van der Waals surface area (Å²) < 4.78 is 0. The highest BCUT2D eigenvalue weighted by atomic mass is 16.2. The molecule has 0 bridgehead atoms. The predicted molar refractivity (Wildman–Crippen MR) is 84.2 cm³/mol. The van der Waals surface area contributed by atoms with Crippen molar-refractivity contribution in [1.29, 1.82) is 0 Å². The third-order valence-corrected chi connectivity index (χ3v) is 4.40. The lowest BCUT2D eigenvalue weighted by molar-refractivity contribution is -0.138. The maximum atomic E-state index is 12.5. The fourth-order valence-corrected chi connectivity index (χ4v) is 3.28. The van der Waals surface area contributed by atoms with E-state index >= 15 is 0 Å². The number of aromatic amines is 1. The molecule has 1 aromatic heterocycles. The lowest BCUT2D eigenvalue weighted by Crippen LogP contribution is -2.43. The van der Waals surface area contributed by atoms with Crippen molar-refractivity contribution >= 4 is 22.9 Å². The predicted octanol–water partition coefficient (Wildman–Crippen LogP) is 2.62. The molecule has 5 heteroatoms. The van der Waals surface area contributed by atoms with Gasteiger partial charge in [0.1, 0.15) is 0 Å². The number of nitrogens with one attached hydrogen (secondary N) is 2. The molecule has 2 N–H and O–H groups in total. The molecule has 112 valence electrons. The van der Waals surface area contributed by atoms with Crippen molar-refractivity contribution in [2.45, 2.75) is 25.7 Å². The molecule has 21 heavy (non-hydrogen) atoms. The first-order valence-corrected chi connectivity index (χ1v) is 7.51. The SMILES string of the molecule is CN(C)C(=O)C1(CNc2nc3ccccc3[nH]2)CCCC1. The molecule has 0 saturated heterocycles. The van der Waals surface area contributed by atoms with Crippen LogP contribution in [0.5, 0.6) is 0 Å². The van der Waals surface area contributed by atoms with Gasteiger partial charge in [0.05, 0.1) is 16.4 Å². The first-order chi connectivity index (χ1) is 10.1. The van der Waals surface area contributed by atoms with Gasteiger partial charge in [0.15, 0.2) is 0 Å². The topological polar surface area (TPSA) is 61.0 Å². The van der Waals surface area contributed by atoms with Gasteiger partial charge in [-0.1, -0.05) is 25.0 Å². The smallest absolute Gasteiger partial charge is 0.230 e. The lowest BCUT2D eigenvalue weighted by Gasteiger charge is -2.30. The number of carbonyl (C=O) groups is 1. The Balaban J connectivity index is 1.76. The number of aromatic nitrogens is 2. The molecule has 5 nitrogen and oxygen atoms in total. The van der Waals surface area contributed by atoms with Crippen LogP contribution in [0.15, 0.2) is 24.3 Å². The maximum absolute atomic E-state index is 12.5. The number of rotatable bonds is 4. The molecule has 1 heterocycles. The van der Waals surface area contributed by atoms with Crippen LogP contribution in [0.4, 0.5) is 5.95 Å². The highest BCUT2D eigenvalue weighted by Gasteiger charge is 2.41. The van der Waals surface area contributed by atoms with Gasteiger partial charge < -0.3 is 15.2 Å². The molecule has 0 unspecified atom stereocenters. The number of benzene rings is 1. The second kappa shape index (κ2) is 5.39. The van der Waals surface area contributed by atoms with Crippen LogP contribution in [0.1, 0.15) is 25.7 Å². The third-order valence-electron chi connectivity index (χ3n) is 4.40. The van der Waals surface area contributed by atoms with Crippen molar-refractivity contribution in [1.82, 2.24) is 14.9 Å². The minimum absolute atomic E-state index is 0.226. The molecular formula is C16H22N4O. The Morgan fingerprint density at radius 2 is 2.05 bits per heavy atom. The Labute approximate surface area is 124 Å². The van der Waals surface area contributed by atoms with Crippen molar-refractivity contribution < 1.29 is 4.79 Å². The summed E-state index contributed by atoms with van der Waals surface area (Å²) in [6, 6.07) is 7.94. The molecule has 0 radical (unpaired) electrons. The van der Waals surface area contributed by atoms with E-state index in [1.807, 2.05) is 38.4 Å². The van der Waals surface area contributed by atoms with Gasteiger partial charge in [-0.25, -0.2) is 4.98 Å². The van der Waals surface area contributed by atoms with Crippen molar-refractivity contribution in [2.24, 2.45) is 5.41 Å². The highest BCUT2D eigenvalue weighted by molar-refractivity contribution is 5.83. The summed E-state index contributed by atoms with van der Waals surface area (Å²) in [4.78, 5) is 22.0. The first kappa shape index (κ1) is 13.9. The van der Waals surface area contributed by atoms with Gasteiger partial charge in [-0.05, 0) is 25.0 Å². The largest absolute Gasteiger partial charge is 0.355 e. The van der Waals surface area contributed by atoms with E-state index in [1.54, 1.807) is 4.90 Å². The molecule has 1 aliphatic rings. The van der Waals surface area contributed by atoms with Gasteiger partial charge in [-0.3, -0.25) is 4.79 Å². The summed E-state index contributed by atoms with van der Waals surface area (Å²) in [5.74, 6) is 0.970. The van der Waals surface area contributed by atoms with E-state index in [2.05, 4.69) is 15.3 Å². The van der Waals surface area contributed by atoms with Crippen LogP contribution in [0.2, 0.25) is 0 Å².